The first-order chi connectivity index (χ1) is 20.6. The van der Waals surface area contributed by atoms with Crippen molar-refractivity contribution >= 4 is 11.9 Å². The molecule has 1 aliphatic carbocycles. The summed E-state index contributed by atoms with van der Waals surface area (Å²) >= 11 is 0. The van der Waals surface area contributed by atoms with Crippen LogP contribution in [0, 0.1) is 0 Å². The van der Waals surface area contributed by atoms with Crippen molar-refractivity contribution in [3.63, 3.8) is 0 Å². The molecule has 7 heteroatoms. The minimum atomic E-state index is -1.18. The number of hydrogen-bond acceptors (Lipinski definition) is 6. The van der Waals surface area contributed by atoms with E-state index in [4.69, 9.17) is 14.2 Å². The molecule has 4 aromatic rings. The number of hydrogen-bond donors (Lipinski definition) is 1. The minimum absolute atomic E-state index is 0.0657. The minimum Gasteiger partial charge on any atom is -0.445 e. The fourth-order valence-electron chi connectivity index (χ4n) is 5.18. The van der Waals surface area contributed by atoms with E-state index in [0.717, 1.165) is 22.3 Å². The SMILES string of the molecule is O=C1C[C@H](O)[C@H](N(Cc2ccccc2)C(=O)OCc2ccccc2)[C@@H](OCc2ccccc2)[C@@H]1OCc1ccccc1. The Morgan fingerprint density at radius 1 is 0.667 bits per heavy atom. The largest absolute Gasteiger partial charge is 0.445 e. The van der Waals surface area contributed by atoms with E-state index in [0.29, 0.717) is 0 Å². The van der Waals surface area contributed by atoms with Gasteiger partial charge in [0.15, 0.2) is 5.78 Å². The van der Waals surface area contributed by atoms with E-state index < -0.39 is 30.4 Å². The molecule has 4 aromatic carbocycles. The van der Waals surface area contributed by atoms with Crippen molar-refractivity contribution in [1.82, 2.24) is 4.90 Å². The number of ether oxygens (including phenoxy) is 3. The van der Waals surface area contributed by atoms with Gasteiger partial charge in [0.2, 0.25) is 0 Å². The molecular formula is C35H35NO6. The smallest absolute Gasteiger partial charge is 0.410 e. The highest BCUT2D eigenvalue weighted by molar-refractivity contribution is 5.86. The molecule has 1 amide bonds. The second kappa shape index (κ2) is 14.5. The standard InChI is InChI=1S/C35H35NO6/c37-30-21-31(38)33(40-23-27-15-7-2-8-16-27)34(41-24-28-17-9-3-10-18-28)32(30)36(22-26-13-5-1-6-14-26)35(39)42-25-29-19-11-4-12-20-29/h1-20,30,32-34,37H,21-25H2/t30-,32-,33+,34+/m0/s1. The van der Waals surface area contributed by atoms with Crippen LogP contribution < -0.4 is 0 Å². The predicted molar refractivity (Wildman–Crippen MR) is 158 cm³/mol. The number of ketones is 1. The molecule has 1 N–H and O–H groups in total. The zero-order chi connectivity index (χ0) is 29.1. The molecule has 0 spiro atoms. The van der Waals surface area contributed by atoms with Gasteiger partial charge in [-0.05, 0) is 22.3 Å². The van der Waals surface area contributed by atoms with Crippen molar-refractivity contribution < 1.29 is 28.9 Å². The van der Waals surface area contributed by atoms with Crippen molar-refractivity contribution in [3.8, 4) is 0 Å². The molecule has 7 nitrogen and oxygen atoms in total. The van der Waals surface area contributed by atoms with Gasteiger partial charge in [-0.2, -0.15) is 0 Å². The first kappa shape index (κ1) is 29.2. The molecule has 0 aliphatic heterocycles. The maximum atomic E-state index is 13.8. The molecule has 0 radical (unpaired) electrons. The lowest BCUT2D eigenvalue weighted by atomic mass is 9.85. The zero-order valence-electron chi connectivity index (χ0n) is 23.3. The average Bonchev–Trinajstić information content (AvgIpc) is 3.03. The molecule has 4 atom stereocenters. The van der Waals surface area contributed by atoms with Gasteiger partial charge in [0.25, 0.3) is 0 Å². The Morgan fingerprint density at radius 2 is 1.12 bits per heavy atom. The van der Waals surface area contributed by atoms with Crippen molar-refractivity contribution in [2.24, 2.45) is 0 Å². The van der Waals surface area contributed by atoms with E-state index in [1.165, 1.54) is 4.90 Å². The van der Waals surface area contributed by atoms with Crippen LogP contribution in [0.5, 0.6) is 0 Å². The van der Waals surface area contributed by atoms with Gasteiger partial charge in [-0.15, -0.1) is 0 Å². The lowest BCUT2D eigenvalue weighted by molar-refractivity contribution is -0.175. The molecule has 216 valence electrons. The molecule has 0 saturated heterocycles. The maximum Gasteiger partial charge on any atom is 0.410 e. The van der Waals surface area contributed by atoms with Gasteiger partial charge < -0.3 is 19.3 Å². The Morgan fingerprint density at radius 3 is 1.64 bits per heavy atom. The summed E-state index contributed by atoms with van der Waals surface area (Å²) < 4.78 is 18.4. The molecule has 0 aromatic heterocycles. The van der Waals surface area contributed by atoms with Crippen LogP contribution in [0.3, 0.4) is 0 Å². The van der Waals surface area contributed by atoms with Gasteiger partial charge in [0.05, 0.1) is 25.4 Å². The van der Waals surface area contributed by atoms with E-state index in [9.17, 15) is 14.7 Å². The highest BCUT2D eigenvalue weighted by Gasteiger charge is 2.49. The lowest BCUT2D eigenvalue weighted by Gasteiger charge is -2.44. The maximum absolute atomic E-state index is 13.8. The van der Waals surface area contributed by atoms with Gasteiger partial charge in [-0.1, -0.05) is 121 Å². The number of carbonyl (C=O) groups excluding carboxylic acids is 2. The zero-order valence-corrected chi connectivity index (χ0v) is 23.3. The molecule has 0 unspecified atom stereocenters. The highest BCUT2D eigenvalue weighted by Crippen LogP contribution is 2.30. The molecule has 1 fully saturated rings. The van der Waals surface area contributed by atoms with Crippen molar-refractivity contribution in [1.29, 1.82) is 0 Å². The van der Waals surface area contributed by atoms with Gasteiger partial charge in [0, 0.05) is 13.0 Å². The van der Waals surface area contributed by atoms with E-state index in [1.54, 1.807) is 0 Å². The third-order valence-corrected chi connectivity index (χ3v) is 7.31. The summed E-state index contributed by atoms with van der Waals surface area (Å²) in [6.45, 7) is 0.574. The van der Waals surface area contributed by atoms with Crippen LogP contribution in [0.4, 0.5) is 4.79 Å². The first-order valence-corrected chi connectivity index (χ1v) is 14.1. The second-order valence-corrected chi connectivity index (χ2v) is 10.4. The van der Waals surface area contributed by atoms with Crippen LogP contribution in [0.2, 0.25) is 0 Å². The van der Waals surface area contributed by atoms with E-state index >= 15 is 0 Å². The number of Topliss-reactive ketones (excluding diaryl/α,β-unsaturated/α-hetero) is 1. The Bertz CT molecular complexity index is 1400. The van der Waals surface area contributed by atoms with Crippen LogP contribution in [0.15, 0.2) is 121 Å². The Kier molecular flexibility index (Phi) is 10.1. The number of nitrogens with zero attached hydrogens (tertiary/aromatic N) is 1. The Hall–Kier alpha value is -4.30. The predicted octanol–water partition coefficient (Wildman–Crippen LogP) is 5.70. The van der Waals surface area contributed by atoms with Crippen LogP contribution in [0.1, 0.15) is 28.7 Å². The summed E-state index contributed by atoms with van der Waals surface area (Å²) in [5, 5.41) is 11.4. The monoisotopic (exact) mass is 565 g/mol. The lowest BCUT2D eigenvalue weighted by Crippen LogP contribution is -2.63. The number of aliphatic hydroxyl groups excluding tert-OH is 1. The Balaban J connectivity index is 1.45. The molecule has 0 heterocycles. The quantitative estimate of drug-likeness (QED) is 0.251. The van der Waals surface area contributed by atoms with Crippen LogP contribution >= 0.6 is 0 Å². The summed E-state index contributed by atoms with van der Waals surface area (Å²) in [6.07, 6.45) is -3.91. The van der Waals surface area contributed by atoms with Crippen LogP contribution in [-0.2, 0) is 45.4 Å². The number of rotatable bonds is 11. The fraction of sp³-hybridized carbons (Fsp3) is 0.257. The summed E-state index contributed by atoms with van der Waals surface area (Å²) in [5.74, 6) is -0.273. The van der Waals surface area contributed by atoms with E-state index in [-0.39, 0.29) is 38.6 Å². The van der Waals surface area contributed by atoms with Gasteiger partial charge >= 0.3 is 6.09 Å². The summed E-state index contributed by atoms with van der Waals surface area (Å²) in [7, 11) is 0. The van der Waals surface area contributed by atoms with E-state index in [1.807, 2.05) is 121 Å². The second-order valence-electron chi connectivity index (χ2n) is 10.4. The highest BCUT2D eigenvalue weighted by atomic mass is 16.6. The topological polar surface area (TPSA) is 85.3 Å². The summed E-state index contributed by atoms with van der Waals surface area (Å²) in [6, 6.07) is 37.1. The molecule has 5 rings (SSSR count). The number of amides is 1. The fourth-order valence-corrected chi connectivity index (χ4v) is 5.18. The van der Waals surface area contributed by atoms with Gasteiger partial charge in [-0.25, -0.2) is 4.79 Å². The van der Waals surface area contributed by atoms with Crippen molar-refractivity contribution in [2.75, 3.05) is 0 Å². The van der Waals surface area contributed by atoms with Crippen LogP contribution in [-0.4, -0.2) is 46.2 Å². The number of benzene rings is 4. The number of aliphatic hydroxyl groups is 1. The number of carbonyl (C=O) groups is 2. The third-order valence-electron chi connectivity index (χ3n) is 7.31. The van der Waals surface area contributed by atoms with E-state index in [2.05, 4.69) is 0 Å². The van der Waals surface area contributed by atoms with Gasteiger partial charge in [-0.3, -0.25) is 9.69 Å². The average molecular weight is 566 g/mol. The summed E-state index contributed by atoms with van der Waals surface area (Å²) in [5.41, 5.74) is 3.48. The Labute approximate surface area is 246 Å². The molecule has 42 heavy (non-hydrogen) atoms. The third kappa shape index (κ3) is 7.70. The summed E-state index contributed by atoms with van der Waals surface area (Å²) in [4.78, 5) is 28.6. The van der Waals surface area contributed by atoms with Crippen LogP contribution in [0.25, 0.3) is 0 Å². The van der Waals surface area contributed by atoms with Crippen molar-refractivity contribution in [3.05, 3.63) is 144 Å². The van der Waals surface area contributed by atoms with Crippen molar-refractivity contribution in [2.45, 2.75) is 57.1 Å². The van der Waals surface area contributed by atoms with Gasteiger partial charge in [0.1, 0.15) is 18.8 Å². The molecule has 0 bridgehead atoms. The molecular weight excluding hydrogens is 530 g/mol. The first-order valence-electron chi connectivity index (χ1n) is 14.1. The molecule has 1 aliphatic rings. The molecule has 1 saturated carbocycles. The normalized spacial score (nSPS) is 20.2.